The van der Waals surface area contributed by atoms with Crippen molar-refractivity contribution < 1.29 is 23.1 Å². The van der Waals surface area contributed by atoms with E-state index in [4.69, 9.17) is 4.74 Å². The van der Waals surface area contributed by atoms with E-state index >= 15 is 0 Å². The summed E-state index contributed by atoms with van der Waals surface area (Å²) in [7, 11) is 0. The van der Waals surface area contributed by atoms with E-state index in [0.717, 1.165) is 12.1 Å². The van der Waals surface area contributed by atoms with E-state index in [0.29, 0.717) is 6.42 Å². The van der Waals surface area contributed by atoms with Crippen molar-refractivity contribution in [3.05, 3.63) is 65.2 Å². The first-order valence-corrected chi connectivity index (χ1v) is 6.82. The number of carbonyl (C=O) groups is 2. The topological polar surface area (TPSA) is 43.4 Å². The molecule has 0 aliphatic carbocycles. The van der Waals surface area contributed by atoms with Crippen LogP contribution in [0.2, 0.25) is 0 Å². The number of hydrogen-bond donors (Lipinski definition) is 0. The molecule has 0 radical (unpaired) electrons. The molecule has 5 heteroatoms. The van der Waals surface area contributed by atoms with Gasteiger partial charge in [-0.15, -0.1) is 0 Å². The maximum Gasteiger partial charge on any atom is 0.343 e. The molecule has 2 aromatic carbocycles. The number of carbonyl (C=O) groups excluding carboxylic acids is 2. The molecule has 0 atom stereocenters. The van der Waals surface area contributed by atoms with Crippen molar-refractivity contribution in [2.24, 2.45) is 0 Å². The Morgan fingerprint density at radius 3 is 2.32 bits per heavy atom. The summed E-state index contributed by atoms with van der Waals surface area (Å²) >= 11 is 0. The smallest absolute Gasteiger partial charge is 0.343 e. The number of ketones is 1. The van der Waals surface area contributed by atoms with Gasteiger partial charge in [0.2, 0.25) is 0 Å². The Morgan fingerprint density at radius 1 is 1.05 bits per heavy atom. The second-order valence-electron chi connectivity index (χ2n) is 4.69. The van der Waals surface area contributed by atoms with Crippen LogP contribution in [0.3, 0.4) is 0 Å². The Labute approximate surface area is 126 Å². The summed E-state index contributed by atoms with van der Waals surface area (Å²) in [4.78, 5) is 24.0. The zero-order valence-electron chi connectivity index (χ0n) is 11.9. The summed E-state index contributed by atoms with van der Waals surface area (Å²) in [5, 5.41) is 0. The van der Waals surface area contributed by atoms with Crippen LogP contribution in [0.4, 0.5) is 8.78 Å². The quantitative estimate of drug-likeness (QED) is 0.473. The molecule has 0 unspecified atom stereocenters. The molecule has 0 aliphatic heterocycles. The summed E-state index contributed by atoms with van der Waals surface area (Å²) in [5.41, 5.74) is 0.117. The molecule has 0 spiro atoms. The van der Waals surface area contributed by atoms with Crippen LogP contribution in [0.15, 0.2) is 42.5 Å². The monoisotopic (exact) mass is 304 g/mol. The summed E-state index contributed by atoms with van der Waals surface area (Å²) in [6, 6.07) is 9.55. The van der Waals surface area contributed by atoms with Crippen molar-refractivity contribution in [3.63, 3.8) is 0 Å². The Kier molecular flexibility index (Phi) is 4.99. The standard InChI is InChI=1S/C17H14F2O3/c1-2-6-15(20)12-9-13(18)14(19)10-16(12)22-17(21)11-7-4-3-5-8-11/h3-5,7-10H,2,6H2,1H3. The van der Waals surface area contributed by atoms with Crippen molar-refractivity contribution in [1.29, 1.82) is 0 Å². The molecule has 0 N–H and O–H groups in total. The maximum atomic E-state index is 13.4. The van der Waals surface area contributed by atoms with Gasteiger partial charge in [0.05, 0.1) is 11.1 Å². The normalized spacial score (nSPS) is 10.3. The van der Waals surface area contributed by atoms with E-state index in [2.05, 4.69) is 0 Å². The number of esters is 1. The average Bonchev–Trinajstić information content (AvgIpc) is 2.51. The number of halogens is 2. The number of hydrogen-bond acceptors (Lipinski definition) is 3. The molecule has 3 nitrogen and oxygen atoms in total. The zero-order valence-corrected chi connectivity index (χ0v) is 11.9. The number of rotatable bonds is 5. The molecule has 2 rings (SSSR count). The van der Waals surface area contributed by atoms with Crippen molar-refractivity contribution in [1.82, 2.24) is 0 Å². The van der Waals surface area contributed by atoms with Crippen molar-refractivity contribution in [2.75, 3.05) is 0 Å². The third kappa shape index (κ3) is 3.55. The molecule has 0 fully saturated rings. The van der Waals surface area contributed by atoms with Crippen LogP contribution in [0, 0.1) is 11.6 Å². The van der Waals surface area contributed by atoms with E-state index in [1.54, 1.807) is 25.1 Å². The predicted molar refractivity (Wildman–Crippen MR) is 77.0 cm³/mol. The van der Waals surface area contributed by atoms with Crippen LogP contribution in [-0.4, -0.2) is 11.8 Å². The molecule has 0 amide bonds. The second kappa shape index (κ2) is 6.93. The van der Waals surface area contributed by atoms with Gasteiger partial charge in [-0.25, -0.2) is 13.6 Å². The van der Waals surface area contributed by atoms with Crippen LogP contribution in [0.1, 0.15) is 40.5 Å². The minimum absolute atomic E-state index is 0.134. The molecular weight excluding hydrogens is 290 g/mol. The maximum absolute atomic E-state index is 13.4. The van der Waals surface area contributed by atoms with Crippen LogP contribution >= 0.6 is 0 Å². The highest BCUT2D eigenvalue weighted by Gasteiger charge is 2.19. The minimum atomic E-state index is -1.18. The lowest BCUT2D eigenvalue weighted by molar-refractivity contribution is 0.0731. The molecule has 0 saturated heterocycles. The lowest BCUT2D eigenvalue weighted by atomic mass is 10.1. The van der Waals surface area contributed by atoms with Crippen molar-refractivity contribution in [2.45, 2.75) is 19.8 Å². The van der Waals surface area contributed by atoms with Gasteiger partial charge in [-0.3, -0.25) is 4.79 Å². The summed E-state index contributed by atoms with van der Waals surface area (Å²) < 4.78 is 31.8. The van der Waals surface area contributed by atoms with Gasteiger partial charge in [0, 0.05) is 12.5 Å². The Hall–Kier alpha value is -2.56. The van der Waals surface area contributed by atoms with Crippen LogP contribution < -0.4 is 4.74 Å². The Balaban J connectivity index is 2.35. The van der Waals surface area contributed by atoms with E-state index < -0.39 is 23.4 Å². The van der Waals surface area contributed by atoms with Gasteiger partial charge in [-0.2, -0.15) is 0 Å². The first-order valence-electron chi connectivity index (χ1n) is 6.82. The van der Waals surface area contributed by atoms with Gasteiger partial charge in [0.1, 0.15) is 5.75 Å². The lowest BCUT2D eigenvalue weighted by Crippen LogP contribution is -2.12. The summed E-state index contributed by atoms with van der Waals surface area (Å²) in [6.45, 7) is 1.79. The van der Waals surface area contributed by atoms with E-state index in [-0.39, 0.29) is 23.3 Å². The highest BCUT2D eigenvalue weighted by Crippen LogP contribution is 2.25. The fourth-order valence-electron chi connectivity index (χ4n) is 1.93. The third-order valence-electron chi connectivity index (χ3n) is 3.01. The number of ether oxygens (including phenoxy) is 1. The van der Waals surface area contributed by atoms with Gasteiger partial charge in [-0.05, 0) is 24.6 Å². The van der Waals surface area contributed by atoms with Gasteiger partial charge in [-0.1, -0.05) is 25.1 Å². The van der Waals surface area contributed by atoms with E-state index in [9.17, 15) is 18.4 Å². The molecule has 0 bridgehead atoms. The summed E-state index contributed by atoms with van der Waals surface area (Å²) in [5.74, 6) is -3.75. The van der Waals surface area contributed by atoms with Gasteiger partial charge < -0.3 is 4.74 Å². The first-order chi connectivity index (χ1) is 10.5. The molecule has 0 aromatic heterocycles. The highest BCUT2D eigenvalue weighted by atomic mass is 19.2. The molecule has 2 aromatic rings. The SMILES string of the molecule is CCCC(=O)c1cc(F)c(F)cc1OC(=O)c1ccccc1. The Bertz CT molecular complexity index is 697. The second-order valence-corrected chi connectivity index (χ2v) is 4.69. The summed E-state index contributed by atoms with van der Waals surface area (Å²) in [6.07, 6.45) is 0.699. The molecule has 0 saturated carbocycles. The predicted octanol–water partition coefficient (Wildman–Crippen LogP) is 4.17. The van der Waals surface area contributed by atoms with Gasteiger partial charge >= 0.3 is 5.97 Å². The largest absolute Gasteiger partial charge is 0.422 e. The molecule has 0 heterocycles. The first kappa shape index (κ1) is 15.8. The van der Waals surface area contributed by atoms with Crippen molar-refractivity contribution >= 4 is 11.8 Å². The molecule has 22 heavy (non-hydrogen) atoms. The zero-order chi connectivity index (χ0) is 16.1. The minimum Gasteiger partial charge on any atom is -0.422 e. The van der Waals surface area contributed by atoms with Crippen LogP contribution in [0.25, 0.3) is 0 Å². The highest BCUT2D eigenvalue weighted by molar-refractivity contribution is 6.00. The molecule has 114 valence electrons. The Morgan fingerprint density at radius 2 is 1.68 bits per heavy atom. The van der Waals surface area contributed by atoms with Gasteiger partial charge in [0.15, 0.2) is 17.4 Å². The fraction of sp³-hybridized carbons (Fsp3) is 0.176. The number of benzene rings is 2. The molecular formula is C17H14F2O3. The molecule has 0 aliphatic rings. The van der Waals surface area contributed by atoms with Gasteiger partial charge in [0.25, 0.3) is 0 Å². The average molecular weight is 304 g/mol. The lowest BCUT2D eigenvalue weighted by Gasteiger charge is -2.10. The van der Waals surface area contributed by atoms with Crippen LogP contribution in [0.5, 0.6) is 5.75 Å². The third-order valence-corrected chi connectivity index (χ3v) is 3.01. The van der Waals surface area contributed by atoms with Crippen molar-refractivity contribution in [3.8, 4) is 5.75 Å². The van der Waals surface area contributed by atoms with E-state index in [1.165, 1.54) is 12.1 Å². The number of Topliss-reactive ketones (excluding diaryl/α,β-unsaturated/α-hetero) is 1. The fourth-order valence-corrected chi connectivity index (χ4v) is 1.93. The van der Waals surface area contributed by atoms with E-state index in [1.807, 2.05) is 0 Å². The van der Waals surface area contributed by atoms with Crippen LogP contribution in [-0.2, 0) is 0 Å².